The minimum absolute atomic E-state index is 0.128. The molecular weight excluding hydrogens is 340 g/mol. The van der Waals surface area contributed by atoms with Crippen LogP contribution in [0.4, 0.5) is 5.13 Å². The zero-order valence-corrected chi connectivity index (χ0v) is 12.9. The van der Waals surface area contributed by atoms with Crippen LogP contribution in [0.5, 0.6) is 5.75 Å². The smallest absolute Gasteiger partial charge is 0.219 e. The van der Waals surface area contributed by atoms with E-state index < -0.39 is 0 Å². The number of para-hydroxylation sites is 1. The van der Waals surface area contributed by atoms with Gasteiger partial charge in [-0.05, 0) is 28.1 Å². The maximum absolute atomic E-state index is 8.78. The Labute approximate surface area is 128 Å². The highest BCUT2D eigenvalue weighted by Crippen LogP contribution is 2.29. The SMILES string of the molecule is N#Cc1nnc(N2CCC(Oc3ccccc3Br)C2)s1. The number of anilines is 1. The van der Waals surface area contributed by atoms with Crippen molar-refractivity contribution in [1.82, 2.24) is 10.2 Å². The zero-order chi connectivity index (χ0) is 13.9. The lowest BCUT2D eigenvalue weighted by molar-refractivity contribution is 0.223. The van der Waals surface area contributed by atoms with E-state index in [4.69, 9.17) is 10.00 Å². The van der Waals surface area contributed by atoms with E-state index in [2.05, 4.69) is 31.0 Å². The van der Waals surface area contributed by atoms with Gasteiger partial charge < -0.3 is 9.64 Å². The summed E-state index contributed by atoms with van der Waals surface area (Å²) in [6, 6.07) is 9.84. The molecule has 1 fully saturated rings. The van der Waals surface area contributed by atoms with Crippen LogP contribution in [0, 0.1) is 11.3 Å². The average molecular weight is 351 g/mol. The van der Waals surface area contributed by atoms with Crippen LogP contribution in [0.25, 0.3) is 0 Å². The maximum atomic E-state index is 8.78. The second kappa shape index (κ2) is 5.77. The first-order valence-corrected chi connectivity index (χ1v) is 7.77. The number of nitrogens with zero attached hydrogens (tertiary/aromatic N) is 4. The van der Waals surface area contributed by atoms with E-state index in [1.165, 1.54) is 11.3 Å². The monoisotopic (exact) mass is 350 g/mol. The van der Waals surface area contributed by atoms with Gasteiger partial charge in [0.2, 0.25) is 10.1 Å². The van der Waals surface area contributed by atoms with E-state index in [9.17, 15) is 0 Å². The standard InChI is InChI=1S/C13H11BrN4OS/c14-10-3-1-2-4-11(10)19-9-5-6-18(8-9)13-17-16-12(7-15)20-13/h1-4,9H,5-6,8H2. The highest BCUT2D eigenvalue weighted by atomic mass is 79.9. The van der Waals surface area contributed by atoms with Gasteiger partial charge in [-0.2, -0.15) is 5.26 Å². The molecule has 2 heterocycles. The molecule has 0 amide bonds. The molecule has 1 aliphatic rings. The Morgan fingerprint density at radius 1 is 1.40 bits per heavy atom. The molecule has 1 aliphatic heterocycles. The van der Waals surface area contributed by atoms with Crippen molar-refractivity contribution in [1.29, 1.82) is 5.26 Å². The summed E-state index contributed by atoms with van der Waals surface area (Å²) < 4.78 is 6.95. The molecule has 0 bridgehead atoms. The molecule has 0 N–H and O–H groups in total. The van der Waals surface area contributed by atoms with E-state index in [1.54, 1.807) is 0 Å². The summed E-state index contributed by atoms with van der Waals surface area (Å²) in [6.07, 6.45) is 1.06. The predicted molar refractivity (Wildman–Crippen MR) is 80.0 cm³/mol. The highest BCUT2D eigenvalue weighted by Gasteiger charge is 2.27. The molecule has 0 spiro atoms. The molecule has 3 rings (SSSR count). The Kier molecular flexibility index (Phi) is 3.85. The molecule has 2 aromatic rings. The summed E-state index contributed by atoms with van der Waals surface area (Å²) in [7, 11) is 0. The van der Waals surface area contributed by atoms with Crippen LogP contribution in [0.1, 0.15) is 11.4 Å². The maximum Gasteiger partial charge on any atom is 0.219 e. The van der Waals surface area contributed by atoms with Crippen LogP contribution in [0.2, 0.25) is 0 Å². The van der Waals surface area contributed by atoms with Gasteiger partial charge in [-0.1, -0.05) is 23.5 Å². The number of nitriles is 1. The summed E-state index contributed by atoms with van der Waals surface area (Å²) in [5, 5.41) is 17.8. The highest BCUT2D eigenvalue weighted by molar-refractivity contribution is 9.10. The van der Waals surface area contributed by atoms with Gasteiger partial charge in [0.1, 0.15) is 17.9 Å². The number of hydrogen-bond donors (Lipinski definition) is 0. The number of rotatable bonds is 3. The Morgan fingerprint density at radius 3 is 3.00 bits per heavy atom. The number of halogens is 1. The fourth-order valence-corrected chi connectivity index (χ4v) is 3.16. The first-order chi connectivity index (χ1) is 9.76. The molecular formula is C13H11BrN4OS. The first kappa shape index (κ1) is 13.3. The van der Waals surface area contributed by atoms with Gasteiger partial charge in [0, 0.05) is 13.0 Å². The van der Waals surface area contributed by atoms with Crippen LogP contribution in [0.15, 0.2) is 28.7 Å². The van der Waals surface area contributed by atoms with E-state index >= 15 is 0 Å². The second-order valence-electron chi connectivity index (χ2n) is 4.41. The van der Waals surface area contributed by atoms with Crippen molar-refractivity contribution in [3.05, 3.63) is 33.7 Å². The fourth-order valence-electron chi connectivity index (χ4n) is 2.11. The largest absolute Gasteiger partial charge is 0.487 e. The van der Waals surface area contributed by atoms with E-state index in [-0.39, 0.29) is 6.10 Å². The van der Waals surface area contributed by atoms with Crippen LogP contribution in [-0.4, -0.2) is 29.4 Å². The molecule has 20 heavy (non-hydrogen) atoms. The van der Waals surface area contributed by atoms with Crippen molar-refractivity contribution in [2.24, 2.45) is 0 Å². The molecule has 7 heteroatoms. The molecule has 0 aliphatic carbocycles. The van der Waals surface area contributed by atoms with Crippen LogP contribution >= 0.6 is 27.3 Å². The van der Waals surface area contributed by atoms with E-state index in [1.807, 2.05) is 30.3 Å². The summed E-state index contributed by atoms with van der Waals surface area (Å²) in [6.45, 7) is 1.64. The third-order valence-corrected chi connectivity index (χ3v) is 4.60. The minimum Gasteiger partial charge on any atom is -0.487 e. The van der Waals surface area contributed by atoms with Crippen molar-refractivity contribution in [2.45, 2.75) is 12.5 Å². The number of ether oxygens (including phenoxy) is 1. The third kappa shape index (κ3) is 2.76. The summed E-state index contributed by atoms with van der Waals surface area (Å²) >= 11 is 4.80. The van der Waals surface area contributed by atoms with Gasteiger partial charge in [0.05, 0.1) is 11.0 Å². The Hall–Kier alpha value is -1.65. The molecule has 1 aromatic heterocycles. The van der Waals surface area contributed by atoms with Gasteiger partial charge in [0.25, 0.3) is 0 Å². The lowest BCUT2D eigenvalue weighted by Gasteiger charge is -2.16. The van der Waals surface area contributed by atoms with Gasteiger partial charge >= 0.3 is 0 Å². The van der Waals surface area contributed by atoms with Crippen molar-refractivity contribution < 1.29 is 4.74 Å². The molecule has 1 atom stereocenters. The zero-order valence-electron chi connectivity index (χ0n) is 10.5. The molecule has 5 nitrogen and oxygen atoms in total. The van der Waals surface area contributed by atoms with Crippen molar-refractivity contribution in [2.75, 3.05) is 18.0 Å². The Morgan fingerprint density at radius 2 is 2.25 bits per heavy atom. The second-order valence-corrected chi connectivity index (χ2v) is 6.22. The van der Waals surface area contributed by atoms with Crippen LogP contribution < -0.4 is 9.64 Å². The third-order valence-electron chi connectivity index (χ3n) is 3.06. The topological polar surface area (TPSA) is 62.0 Å². The molecule has 1 saturated heterocycles. The fraction of sp³-hybridized carbons (Fsp3) is 0.308. The summed E-state index contributed by atoms with van der Waals surface area (Å²) in [5.74, 6) is 0.856. The van der Waals surface area contributed by atoms with Gasteiger partial charge in [-0.15, -0.1) is 10.2 Å². The van der Waals surface area contributed by atoms with Crippen LogP contribution in [-0.2, 0) is 0 Å². The summed E-state index contributed by atoms with van der Waals surface area (Å²) in [4.78, 5) is 2.11. The van der Waals surface area contributed by atoms with Gasteiger partial charge in [-0.3, -0.25) is 0 Å². The molecule has 102 valence electrons. The molecule has 0 radical (unpaired) electrons. The van der Waals surface area contributed by atoms with Crippen molar-refractivity contribution >= 4 is 32.4 Å². The average Bonchev–Trinajstić information content (AvgIpc) is 3.10. The molecule has 1 unspecified atom stereocenters. The van der Waals surface area contributed by atoms with Gasteiger partial charge in [-0.25, -0.2) is 0 Å². The Balaban J connectivity index is 1.65. The lowest BCUT2D eigenvalue weighted by atomic mass is 10.3. The van der Waals surface area contributed by atoms with Crippen molar-refractivity contribution in [3.63, 3.8) is 0 Å². The van der Waals surface area contributed by atoms with E-state index in [0.717, 1.165) is 34.9 Å². The predicted octanol–water partition coefficient (Wildman–Crippen LogP) is 2.83. The van der Waals surface area contributed by atoms with Crippen molar-refractivity contribution in [3.8, 4) is 11.8 Å². The molecule has 0 saturated carbocycles. The lowest BCUT2D eigenvalue weighted by Crippen LogP contribution is -2.24. The normalized spacial score (nSPS) is 18.0. The van der Waals surface area contributed by atoms with Crippen LogP contribution in [0.3, 0.4) is 0 Å². The summed E-state index contributed by atoms with van der Waals surface area (Å²) in [5.41, 5.74) is 0. The molecule has 1 aromatic carbocycles. The van der Waals surface area contributed by atoms with E-state index in [0.29, 0.717) is 5.01 Å². The number of aromatic nitrogens is 2. The quantitative estimate of drug-likeness (QED) is 0.851. The minimum atomic E-state index is 0.128. The number of hydrogen-bond acceptors (Lipinski definition) is 6. The first-order valence-electron chi connectivity index (χ1n) is 6.16. The number of benzene rings is 1. The Bertz CT molecular complexity index is 654. The van der Waals surface area contributed by atoms with Gasteiger partial charge in [0.15, 0.2) is 0 Å².